The zero-order valence-electron chi connectivity index (χ0n) is 17.6. The number of halogens is 1. The predicted molar refractivity (Wildman–Crippen MR) is 129 cm³/mol. The average molecular weight is 491 g/mol. The maximum atomic E-state index is 13.6. The first-order valence-corrected chi connectivity index (χ1v) is 11.5. The van der Waals surface area contributed by atoms with E-state index in [9.17, 15) is 14.7 Å². The lowest BCUT2D eigenvalue weighted by Gasteiger charge is -2.21. The Labute approximate surface area is 201 Å². The number of rotatable bonds is 4. The summed E-state index contributed by atoms with van der Waals surface area (Å²) in [5.41, 5.74) is 1.04. The summed E-state index contributed by atoms with van der Waals surface area (Å²) in [6.45, 7) is 1.76. The summed E-state index contributed by atoms with van der Waals surface area (Å²) < 4.78 is 12.3. The standard InChI is InChI=1S/C25H15ClN2O5S/c1-12-6-9-17(32-12)21-20(22(29)18-10-13-4-2-3-5-16(13)33-18)23(30)24(31)28(21)25-27-15-8-7-14(26)11-19(15)34-25/h2-11,21,30H,1H3. The van der Waals surface area contributed by atoms with Crippen molar-refractivity contribution in [1.82, 2.24) is 4.98 Å². The van der Waals surface area contributed by atoms with Crippen LogP contribution in [-0.4, -0.2) is 21.8 Å². The maximum Gasteiger partial charge on any atom is 0.296 e. The summed E-state index contributed by atoms with van der Waals surface area (Å²) in [7, 11) is 0. The van der Waals surface area contributed by atoms with Crippen LogP contribution < -0.4 is 4.90 Å². The number of para-hydroxylation sites is 1. The van der Waals surface area contributed by atoms with Crippen molar-refractivity contribution in [3.05, 3.63) is 94.3 Å². The number of ketones is 1. The van der Waals surface area contributed by atoms with E-state index in [2.05, 4.69) is 4.98 Å². The first-order valence-electron chi connectivity index (χ1n) is 10.3. The van der Waals surface area contributed by atoms with Crippen molar-refractivity contribution in [3.63, 3.8) is 0 Å². The Bertz CT molecular complexity index is 1630. The van der Waals surface area contributed by atoms with E-state index in [4.69, 9.17) is 20.4 Å². The molecule has 2 aromatic carbocycles. The van der Waals surface area contributed by atoms with Crippen LogP contribution in [0.5, 0.6) is 0 Å². The molecule has 1 unspecified atom stereocenters. The number of fused-ring (bicyclic) bond motifs is 2. The molecule has 5 aromatic rings. The summed E-state index contributed by atoms with van der Waals surface area (Å²) in [6.07, 6.45) is 0. The van der Waals surface area contributed by atoms with Crippen molar-refractivity contribution in [2.24, 2.45) is 0 Å². The lowest BCUT2D eigenvalue weighted by molar-refractivity contribution is -0.117. The molecule has 1 N–H and O–H groups in total. The fraction of sp³-hybridized carbons (Fsp3) is 0.0800. The molecule has 6 rings (SSSR count). The van der Waals surface area contributed by atoms with E-state index in [1.807, 2.05) is 12.1 Å². The van der Waals surface area contributed by atoms with Crippen molar-refractivity contribution in [2.75, 3.05) is 4.90 Å². The van der Waals surface area contributed by atoms with Crippen LogP contribution in [0.4, 0.5) is 5.13 Å². The number of carbonyl (C=O) groups is 2. The molecular weight excluding hydrogens is 476 g/mol. The summed E-state index contributed by atoms with van der Waals surface area (Å²) in [4.78, 5) is 32.7. The van der Waals surface area contributed by atoms with Crippen LogP contribution >= 0.6 is 22.9 Å². The average Bonchev–Trinajstić information content (AvgIpc) is 3.58. The van der Waals surface area contributed by atoms with E-state index in [1.54, 1.807) is 55.5 Å². The summed E-state index contributed by atoms with van der Waals surface area (Å²) in [6, 6.07) is 16.4. The van der Waals surface area contributed by atoms with E-state index in [0.717, 1.165) is 10.1 Å². The van der Waals surface area contributed by atoms with Crippen LogP contribution in [-0.2, 0) is 4.79 Å². The van der Waals surface area contributed by atoms with Crippen LogP contribution in [0.15, 0.2) is 80.8 Å². The molecule has 0 aliphatic carbocycles. The van der Waals surface area contributed by atoms with Crippen LogP contribution in [0.1, 0.15) is 28.1 Å². The van der Waals surface area contributed by atoms with Crippen LogP contribution in [0.2, 0.25) is 5.02 Å². The summed E-state index contributed by atoms with van der Waals surface area (Å²) >= 11 is 7.34. The smallest absolute Gasteiger partial charge is 0.296 e. The molecule has 3 aromatic heterocycles. The molecule has 0 saturated carbocycles. The topological polar surface area (TPSA) is 96.8 Å². The van der Waals surface area contributed by atoms with Gasteiger partial charge < -0.3 is 13.9 Å². The Morgan fingerprint density at radius 3 is 2.71 bits per heavy atom. The van der Waals surface area contributed by atoms with E-state index < -0.39 is 23.5 Å². The third-order valence-corrected chi connectivity index (χ3v) is 6.93. The lowest BCUT2D eigenvalue weighted by Crippen LogP contribution is -2.30. The van der Waals surface area contributed by atoms with Gasteiger partial charge in [0.05, 0.1) is 15.8 Å². The van der Waals surface area contributed by atoms with Crippen molar-refractivity contribution >= 4 is 60.9 Å². The summed E-state index contributed by atoms with van der Waals surface area (Å²) in [5, 5.41) is 12.5. The lowest BCUT2D eigenvalue weighted by atomic mass is 10.00. The molecular formula is C25H15ClN2O5S. The number of nitrogens with zero attached hydrogens (tertiary/aromatic N) is 2. The SMILES string of the molecule is Cc1ccc(C2C(C(=O)c3cc4ccccc4o3)=C(O)C(=O)N2c2nc3ccc(Cl)cc3s2)o1. The third-order valence-electron chi connectivity index (χ3n) is 5.68. The van der Waals surface area contributed by atoms with Crippen molar-refractivity contribution < 1.29 is 23.5 Å². The number of thiazole rings is 1. The largest absolute Gasteiger partial charge is 0.503 e. The Kier molecular flexibility index (Phi) is 4.62. The van der Waals surface area contributed by atoms with E-state index in [-0.39, 0.29) is 11.3 Å². The number of aliphatic hydroxyl groups excluding tert-OH is 1. The minimum Gasteiger partial charge on any atom is -0.503 e. The van der Waals surface area contributed by atoms with E-state index in [0.29, 0.717) is 32.8 Å². The Morgan fingerprint density at radius 1 is 1.12 bits per heavy atom. The molecule has 34 heavy (non-hydrogen) atoms. The molecule has 1 atom stereocenters. The molecule has 0 fully saturated rings. The molecule has 0 saturated heterocycles. The highest BCUT2D eigenvalue weighted by molar-refractivity contribution is 7.22. The first kappa shape index (κ1) is 20.7. The number of anilines is 1. The first-order chi connectivity index (χ1) is 16.4. The predicted octanol–water partition coefficient (Wildman–Crippen LogP) is 6.38. The number of benzene rings is 2. The number of amides is 1. The van der Waals surface area contributed by atoms with Crippen LogP contribution in [0.3, 0.4) is 0 Å². The molecule has 168 valence electrons. The number of aliphatic hydroxyl groups is 1. The van der Waals surface area contributed by atoms with E-state index in [1.165, 1.54) is 16.2 Å². The van der Waals surface area contributed by atoms with Gasteiger partial charge in [0.1, 0.15) is 23.1 Å². The van der Waals surface area contributed by atoms with Gasteiger partial charge in [-0.2, -0.15) is 0 Å². The highest BCUT2D eigenvalue weighted by Gasteiger charge is 2.48. The van der Waals surface area contributed by atoms with Gasteiger partial charge in [-0.15, -0.1) is 0 Å². The maximum absolute atomic E-state index is 13.6. The van der Waals surface area contributed by atoms with Gasteiger partial charge in [-0.25, -0.2) is 4.98 Å². The number of furan rings is 2. The third kappa shape index (κ3) is 3.14. The molecule has 0 bridgehead atoms. The minimum atomic E-state index is -1.02. The molecule has 1 aliphatic heterocycles. The molecule has 7 nitrogen and oxygen atoms in total. The minimum absolute atomic E-state index is 0.0155. The summed E-state index contributed by atoms with van der Waals surface area (Å²) in [5.74, 6) is -1.08. The molecule has 1 amide bonds. The second-order valence-electron chi connectivity index (χ2n) is 7.87. The van der Waals surface area contributed by atoms with Gasteiger partial charge in [0.2, 0.25) is 5.78 Å². The fourth-order valence-corrected chi connectivity index (χ4v) is 5.39. The Morgan fingerprint density at radius 2 is 1.94 bits per heavy atom. The van der Waals surface area contributed by atoms with Gasteiger partial charge in [-0.3, -0.25) is 14.5 Å². The number of aromatic nitrogens is 1. The number of carbonyl (C=O) groups excluding carboxylic acids is 2. The second-order valence-corrected chi connectivity index (χ2v) is 9.32. The van der Waals surface area contributed by atoms with Gasteiger partial charge in [-0.05, 0) is 49.4 Å². The van der Waals surface area contributed by atoms with E-state index >= 15 is 0 Å². The van der Waals surface area contributed by atoms with Crippen molar-refractivity contribution in [2.45, 2.75) is 13.0 Å². The molecule has 0 radical (unpaired) electrons. The van der Waals surface area contributed by atoms with Gasteiger partial charge in [0, 0.05) is 10.4 Å². The monoisotopic (exact) mass is 490 g/mol. The van der Waals surface area contributed by atoms with Gasteiger partial charge >= 0.3 is 0 Å². The zero-order valence-corrected chi connectivity index (χ0v) is 19.2. The van der Waals surface area contributed by atoms with Gasteiger partial charge in [-0.1, -0.05) is 41.1 Å². The van der Waals surface area contributed by atoms with Crippen molar-refractivity contribution in [3.8, 4) is 0 Å². The second kappa shape index (κ2) is 7.58. The van der Waals surface area contributed by atoms with Gasteiger partial charge in [0.25, 0.3) is 5.91 Å². The molecule has 0 spiro atoms. The highest BCUT2D eigenvalue weighted by Crippen LogP contribution is 2.45. The highest BCUT2D eigenvalue weighted by atomic mass is 35.5. The van der Waals surface area contributed by atoms with Crippen molar-refractivity contribution in [1.29, 1.82) is 0 Å². The molecule has 4 heterocycles. The van der Waals surface area contributed by atoms with Gasteiger partial charge in [0.15, 0.2) is 16.7 Å². The van der Waals surface area contributed by atoms with Crippen LogP contribution in [0, 0.1) is 6.92 Å². The molecule has 9 heteroatoms. The normalized spacial score (nSPS) is 16.4. The Hall–Kier alpha value is -3.88. The zero-order chi connectivity index (χ0) is 23.6. The molecule has 1 aliphatic rings. The number of aryl methyl sites for hydroxylation is 1. The quantitative estimate of drug-likeness (QED) is 0.293. The number of hydrogen-bond acceptors (Lipinski definition) is 7. The Balaban J connectivity index is 1.51. The fourth-order valence-electron chi connectivity index (χ4n) is 4.12. The number of Topliss-reactive ketones (excluding diaryl/α,β-unsaturated/α-hetero) is 1. The number of hydrogen-bond donors (Lipinski definition) is 1. The van der Waals surface area contributed by atoms with Crippen LogP contribution in [0.25, 0.3) is 21.2 Å².